The van der Waals surface area contributed by atoms with Gasteiger partial charge in [0.2, 0.25) is 0 Å². The van der Waals surface area contributed by atoms with Crippen molar-refractivity contribution in [3.8, 4) is 0 Å². The number of thiophene rings is 2. The number of alkyl halides is 1. The Morgan fingerprint density at radius 3 is 1.30 bits per heavy atom. The number of nitrogens with zero attached hydrogens (tertiary/aromatic N) is 2. The molecule has 2 saturated heterocycles. The molecule has 4 nitrogen and oxygen atoms in total. The fourth-order valence-corrected chi connectivity index (χ4v) is 8.54. The zero-order valence-electron chi connectivity index (χ0n) is 30.3. The van der Waals surface area contributed by atoms with Gasteiger partial charge in [-0.2, -0.15) is 0 Å². The summed E-state index contributed by atoms with van der Waals surface area (Å²) in [6.07, 6.45) is 4.68. The maximum atomic E-state index is 9.52. The van der Waals surface area contributed by atoms with Crippen LogP contribution in [-0.2, 0) is 17.6 Å². The highest BCUT2D eigenvalue weighted by Gasteiger charge is 2.35. The zero-order valence-corrected chi connectivity index (χ0v) is 32.7. The highest BCUT2D eigenvalue weighted by atomic mass is 35.5. The number of aryl methyl sites for hydroxylation is 2. The predicted octanol–water partition coefficient (Wildman–Crippen LogP) is 10.5. The molecule has 0 aliphatic carbocycles. The van der Waals surface area contributed by atoms with E-state index in [4.69, 9.17) is 16.3 Å². The number of halogens is 1. The zero-order chi connectivity index (χ0) is 36.5. The van der Waals surface area contributed by atoms with Crippen LogP contribution in [0.5, 0.6) is 0 Å². The quantitative estimate of drug-likeness (QED) is 0.0886. The van der Waals surface area contributed by atoms with E-state index in [0.29, 0.717) is 12.1 Å². The summed E-state index contributed by atoms with van der Waals surface area (Å²) in [6.45, 7) is 4.39. The molecule has 7 heteroatoms. The minimum Gasteiger partial charge on any atom is -0.390 e. The van der Waals surface area contributed by atoms with Crippen LogP contribution < -0.4 is 0 Å². The van der Waals surface area contributed by atoms with Crippen molar-refractivity contribution in [2.24, 2.45) is 0 Å². The third-order valence-electron chi connectivity index (χ3n) is 9.60. The Morgan fingerprint density at radius 2 is 0.943 bits per heavy atom. The molecule has 1 N–H and O–H groups in total. The Bertz CT molecular complexity index is 1720. The molecular formula is C46H51ClN2O2S2. The number of hydrogen-bond acceptors (Lipinski definition) is 6. The first-order valence-corrected chi connectivity index (χ1v) is 21.1. The molecular weight excluding hydrogens is 712 g/mol. The van der Waals surface area contributed by atoms with Crippen LogP contribution in [0.3, 0.4) is 0 Å². The molecule has 2 aromatic heterocycles. The van der Waals surface area contributed by atoms with Gasteiger partial charge in [0.1, 0.15) is 0 Å². The molecule has 0 saturated carbocycles. The highest BCUT2D eigenvalue weighted by Crippen LogP contribution is 2.34. The third kappa shape index (κ3) is 12.0. The number of rotatable bonds is 14. The monoisotopic (exact) mass is 762 g/mol. The molecule has 2 aliphatic rings. The fraction of sp³-hybridized carbons (Fsp3) is 0.304. The first kappa shape index (κ1) is 39.1. The normalized spacial score (nSPS) is 14.9. The van der Waals surface area contributed by atoms with Gasteiger partial charge in [-0.15, -0.1) is 34.3 Å². The predicted molar refractivity (Wildman–Crippen MR) is 224 cm³/mol. The van der Waals surface area contributed by atoms with E-state index < -0.39 is 0 Å². The summed E-state index contributed by atoms with van der Waals surface area (Å²) >= 11 is 9.16. The van der Waals surface area contributed by atoms with E-state index >= 15 is 0 Å². The van der Waals surface area contributed by atoms with Crippen molar-refractivity contribution in [2.75, 3.05) is 38.7 Å². The van der Waals surface area contributed by atoms with E-state index in [9.17, 15) is 5.11 Å². The first-order chi connectivity index (χ1) is 26.2. The molecule has 276 valence electrons. The summed E-state index contributed by atoms with van der Waals surface area (Å²) in [5.74, 6) is 0.776. The molecule has 0 bridgehead atoms. The van der Waals surface area contributed by atoms with Crippen LogP contribution in [-0.4, -0.2) is 65.8 Å². The second kappa shape index (κ2) is 21.3. The van der Waals surface area contributed by atoms with Gasteiger partial charge in [-0.3, -0.25) is 9.80 Å². The minimum atomic E-state index is -0.167. The molecule has 0 amide bonds. The van der Waals surface area contributed by atoms with Gasteiger partial charge in [-0.1, -0.05) is 133 Å². The Balaban J connectivity index is 0.000000153. The van der Waals surface area contributed by atoms with Gasteiger partial charge < -0.3 is 9.84 Å². The SMILES string of the molecule is ClCCCc1cccs1.OC1CN(C(c2ccccc2)c2ccccc2)C1.c1ccc(C(c2ccccc2)N2CC(OCCCc3cccs3)C2)cc1. The minimum absolute atomic E-state index is 0.167. The first-order valence-electron chi connectivity index (χ1n) is 18.8. The van der Waals surface area contributed by atoms with E-state index in [2.05, 4.69) is 154 Å². The van der Waals surface area contributed by atoms with E-state index in [1.54, 1.807) is 11.3 Å². The summed E-state index contributed by atoms with van der Waals surface area (Å²) in [6, 6.07) is 51.7. The second-order valence-electron chi connectivity index (χ2n) is 13.6. The van der Waals surface area contributed by atoms with Crippen molar-refractivity contribution < 1.29 is 9.84 Å². The van der Waals surface area contributed by atoms with Crippen molar-refractivity contribution in [1.29, 1.82) is 0 Å². The van der Waals surface area contributed by atoms with Crippen LogP contribution in [0.4, 0.5) is 0 Å². The third-order valence-corrected chi connectivity index (χ3v) is 11.7. The van der Waals surface area contributed by atoms with Crippen molar-refractivity contribution in [3.63, 3.8) is 0 Å². The molecule has 0 atom stereocenters. The lowest BCUT2D eigenvalue weighted by molar-refractivity contribution is -0.0668. The maximum Gasteiger partial charge on any atom is 0.0829 e. The Labute approximate surface area is 329 Å². The highest BCUT2D eigenvalue weighted by molar-refractivity contribution is 7.10. The molecule has 0 unspecified atom stereocenters. The van der Waals surface area contributed by atoms with Crippen molar-refractivity contribution >= 4 is 34.3 Å². The van der Waals surface area contributed by atoms with Crippen LogP contribution in [0.1, 0.15) is 56.9 Å². The van der Waals surface area contributed by atoms with Gasteiger partial charge in [0.15, 0.2) is 0 Å². The number of hydrogen-bond donors (Lipinski definition) is 1. The van der Waals surface area contributed by atoms with Gasteiger partial charge in [-0.25, -0.2) is 0 Å². The molecule has 4 heterocycles. The van der Waals surface area contributed by atoms with E-state index in [1.165, 1.54) is 32.0 Å². The Morgan fingerprint density at radius 1 is 0.547 bits per heavy atom. The van der Waals surface area contributed by atoms with E-state index in [0.717, 1.165) is 64.3 Å². The van der Waals surface area contributed by atoms with Crippen molar-refractivity contribution in [2.45, 2.75) is 50.0 Å². The maximum absolute atomic E-state index is 9.52. The molecule has 4 aromatic carbocycles. The molecule has 0 radical (unpaired) electrons. The molecule has 53 heavy (non-hydrogen) atoms. The van der Waals surface area contributed by atoms with Gasteiger partial charge in [-0.05, 0) is 70.8 Å². The number of aliphatic hydroxyl groups is 1. The van der Waals surface area contributed by atoms with Gasteiger partial charge in [0.05, 0.1) is 24.3 Å². The molecule has 6 aromatic rings. The lowest BCUT2D eigenvalue weighted by atomic mass is 9.94. The summed E-state index contributed by atoms with van der Waals surface area (Å²) in [4.78, 5) is 7.73. The second-order valence-corrected chi connectivity index (χ2v) is 16.0. The summed E-state index contributed by atoms with van der Waals surface area (Å²) < 4.78 is 6.09. The number of likely N-dealkylation sites (tertiary alicyclic amines) is 2. The molecule has 0 spiro atoms. The van der Waals surface area contributed by atoms with Crippen LogP contribution in [0.2, 0.25) is 0 Å². The summed E-state index contributed by atoms with van der Waals surface area (Å²) in [7, 11) is 0. The number of benzene rings is 4. The van der Waals surface area contributed by atoms with E-state index in [-0.39, 0.29) is 12.1 Å². The lowest BCUT2D eigenvalue weighted by Crippen LogP contribution is -2.53. The smallest absolute Gasteiger partial charge is 0.0829 e. The van der Waals surface area contributed by atoms with Gasteiger partial charge in [0.25, 0.3) is 0 Å². The standard InChI is InChI=1S/C23H25NOS.C16H17NO.C7H9ClS/c1-3-9-19(10-4-1)23(20-11-5-2-6-12-20)24-17-21(18-24)25-15-7-13-22-14-8-16-26-22;18-15-11-17(12-15)16(13-7-3-1-4-8-13)14-9-5-2-6-10-14;8-5-1-3-7-4-2-6-9-7/h1-6,8-12,14,16,21,23H,7,13,15,17-18H2;1-10,15-16,18H,11-12H2;2,4,6H,1,3,5H2. The van der Waals surface area contributed by atoms with Crippen molar-refractivity contribution in [3.05, 3.63) is 188 Å². The van der Waals surface area contributed by atoms with Crippen LogP contribution >= 0.6 is 34.3 Å². The topological polar surface area (TPSA) is 35.9 Å². The fourth-order valence-electron chi connectivity index (χ4n) is 6.90. The largest absolute Gasteiger partial charge is 0.390 e. The number of ether oxygens (including phenoxy) is 1. The Hall–Kier alpha value is -3.59. The van der Waals surface area contributed by atoms with Crippen LogP contribution in [0, 0.1) is 0 Å². The summed E-state index contributed by atoms with van der Waals surface area (Å²) in [5, 5.41) is 13.8. The number of aliphatic hydroxyl groups excluding tert-OH is 1. The average molecular weight is 764 g/mol. The van der Waals surface area contributed by atoms with Crippen LogP contribution in [0.25, 0.3) is 0 Å². The molecule has 2 fully saturated rings. The molecule has 2 aliphatic heterocycles. The van der Waals surface area contributed by atoms with Gasteiger partial charge >= 0.3 is 0 Å². The Kier molecular flexibility index (Phi) is 15.7. The van der Waals surface area contributed by atoms with Gasteiger partial charge in [0, 0.05) is 48.4 Å². The van der Waals surface area contributed by atoms with Crippen LogP contribution in [0.15, 0.2) is 156 Å². The molecule has 8 rings (SSSR count). The lowest BCUT2D eigenvalue weighted by Gasteiger charge is -2.44. The average Bonchev–Trinajstić information content (AvgIpc) is 3.91. The summed E-state index contributed by atoms with van der Waals surface area (Å²) in [5.41, 5.74) is 5.29. The van der Waals surface area contributed by atoms with Crippen molar-refractivity contribution in [1.82, 2.24) is 9.80 Å². The van der Waals surface area contributed by atoms with E-state index in [1.807, 2.05) is 23.5 Å². The number of β-amino-alcohol motifs (C(OH)–C–C–N with tert-alkyl or cyclic N) is 1.